The highest BCUT2D eigenvalue weighted by molar-refractivity contribution is 7.90. The fourth-order valence-electron chi connectivity index (χ4n) is 1.76. The summed E-state index contributed by atoms with van der Waals surface area (Å²) >= 11 is -1.21. The molecular weight excluding hydrogens is 267 g/mol. The Morgan fingerprint density at radius 1 is 1.37 bits per heavy atom. The van der Waals surface area contributed by atoms with Gasteiger partial charge in [0, 0.05) is 17.8 Å². The minimum atomic E-state index is -1.21. The summed E-state index contributed by atoms with van der Waals surface area (Å²) in [4.78, 5) is 12.5. The number of hydrogen-bond acceptors (Lipinski definition) is 4. The molecule has 3 rings (SSSR count). The summed E-state index contributed by atoms with van der Waals surface area (Å²) in [5.74, 6) is -0.00314. The second-order valence-electron chi connectivity index (χ2n) is 3.94. The quantitative estimate of drug-likeness (QED) is 0.668. The van der Waals surface area contributed by atoms with E-state index in [1.165, 1.54) is 18.6 Å². The van der Waals surface area contributed by atoms with Gasteiger partial charge in [-0.3, -0.25) is 4.40 Å². The highest BCUT2D eigenvalue weighted by atomic mass is 32.2. The summed E-state index contributed by atoms with van der Waals surface area (Å²) in [7, 11) is 0. The predicted molar refractivity (Wildman–Crippen MR) is 68.5 cm³/mol. The molecule has 0 bridgehead atoms. The largest absolute Gasteiger partial charge is 0.612 e. The van der Waals surface area contributed by atoms with Crippen LogP contribution in [0.25, 0.3) is 17.0 Å². The number of aromatic nitrogens is 4. The highest BCUT2D eigenvalue weighted by Crippen LogP contribution is 2.24. The fraction of sp³-hybridized carbons (Fsp3) is 0.0833. The van der Waals surface area contributed by atoms with E-state index in [0.29, 0.717) is 21.9 Å². The predicted octanol–water partition coefficient (Wildman–Crippen LogP) is 1.67. The summed E-state index contributed by atoms with van der Waals surface area (Å²) in [5, 5.41) is 0. The lowest BCUT2D eigenvalue weighted by Gasteiger charge is -2.05. The molecule has 0 aliphatic carbocycles. The Morgan fingerprint density at radius 2 is 2.21 bits per heavy atom. The number of fused-ring (bicyclic) bond motifs is 1. The van der Waals surface area contributed by atoms with E-state index < -0.39 is 17.0 Å². The van der Waals surface area contributed by atoms with Gasteiger partial charge in [-0.2, -0.15) is 0 Å². The molecule has 2 aromatic heterocycles. The van der Waals surface area contributed by atoms with Crippen LogP contribution >= 0.6 is 0 Å². The van der Waals surface area contributed by atoms with E-state index >= 15 is 0 Å². The van der Waals surface area contributed by atoms with Crippen molar-refractivity contribution in [2.24, 2.45) is 0 Å². The second-order valence-corrected chi connectivity index (χ2v) is 5.32. The van der Waals surface area contributed by atoms with Crippen molar-refractivity contribution in [2.75, 3.05) is 6.26 Å². The van der Waals surface area contributed by atoms with Crippen LogP contribution in [0.5, 0.6) is 0 Å². The lowest BCUT2D eigenvalue weighted by molar-refractivity contribution is 0.596. The Hall–Kier alpha value is -1.99. The molecule has 0 saturated heterocycles. The van der Waals surface area contributed by atoms with Crippen LogP contribution in [0, 0.1) is 5.82 Å². The van der Waals surface area contributed by atoms with Gasteiger partial charge < -0.3 is 4.55 Å². The van der Waals surface area contributed by atoms with Gasteiger partial charge in [0.1, 0.15) is 24.7 Å². The number of halogens is 1. The van der Waals surface area contributed by atoms with Crippen molar-refractivity contribution in [1.29, 1.82) is 0 Å². The molecule has 0 spiro atoms. The Bertz CT molecular complexity index is 710. The molecule has 0 aliphatic rings. The van der Waals surface area contributed by atoms with Crippen LogP contribution in [0.15, 0.2) is 41.9 Å². The van der Waals surface area contributed by atoms with Gasteiger partial charge in [0.05, 0.1) is 5.69 Å². The summed E-state index contributed by atoms with van der Waals surface area (Å²) in [5.41, 5.74) is 0.811. The van der Waals surface area contributed by atoms with E-state index in [4.69, 9.17) is 0 Å². The molecule has 0 amide bonds. The summed E-state index contributed by atoms with van der Waals surface area (Å²) in [6, 6.07) is 4.46. The first-order valence-electron chi connectivity index (χ1n) is 5.43. The van der Waals surface area contributed by atoms with Gasteiger partial charge in [0.25, 0.3) is 0 Å². The van der Waals surface area contributed by atoms with Gasteiger partial charge in [-0.05, 0) is 23.3 Å². The van der Waals surface area contributed by atoms with E-state index in [1.54, 1.807) is 29.1 Å². The number of imidazole rings is 1. The minimum absolute atomic E-state index is 0.347. The molecule has 0 radical (unpaired) electrons. The molecule has 1 atom stereocenters. The van der Waals surface area contributed by atoms with Crippen molar-refractivity contribution in [2.45, 2.75) is 4.90 Å². The third kappa shape index (κ3) is 2.18. The van der Waals surface area contributed by atoms with Gasteiger partial charge in [0.2, 0.25) is 5.78 Å². The van der Waals surface area contributed by atoms with E-state index in [1.807, 2.05) is 0 Å². The molecular formula is C12H9FN4OS. The molecule has 0 fully saturated rings. The van der Waals surface area contributed by atoms with E-state index in [9.17, 15) is 8.94 Å². The first kappa shape index (κ1) is 12.1. The average molecular weight is 276 g/mol. The molecule has 1 aromatic carbocycles. The van der Waals surface area contributed by atoms with E-state index in [-0.39, 0.29) is 0 Å². The van der Waals surface area contributed by atoms with E-state index in [0.717, 1.165) is 0 Å². The first-order chi connectivity index (χ1) is 9.15. The molecule has 0 saturated carbocycles. The van der Waals surface area contributed by atoms with Crippen molar-refractivity contribution >= 4 is 17.0 Å². The Morgan fingerprint density at radius 3 is 2.89 bits per heavy atom. The van der Waals surface area contributed by atoms with Crippen LogP contribution in [-0.4, -0.2) is 30.2 Å². The van der Waals surface area contributed by atoms with E-state index in [2.05, 4.69) is 15.0 Å². The van der Waals surface area contributed by atoms with Crippen LogP contribution in [0.1, 0.15) is 0 Å². The lowest BCUT2D eigenvalue weighted by Crippen LogP contribution is -1.98. The number of rotatable bonds is 2. The topological polar surface area (TPSA) is 66.1 Å². The minimum Gasteiger partial charge on any atom is -0.612 e. The Kier molecular flexibility index (Phi) is 2.92. The van der Waals surface area contributed by atoms with Crippen LogP contribution in [0.2, 0.25) is 0 Å². The third-order valence-electron chi connectivity index (χ3n) is 2.69. The summed E-state index contributed by atoms with van der Waals surface area (Å²) < 4.78 is 26.9. The van der Waals surface area contributed by atoms with Gasteiger partial charge in [-0.15, -0.1) is 0 Å². The maximum atomic E-state index is 14.0. The zero-order chi connectivity index (χ0) is 13.4. The zero-order valence-corrected chi connectivity index (χ0v) is 10.8. The van der Waals surface area contributed by atoms with Crippen LogP contribution in [0.4, 0.5) is 4.39 Å². The number of nitrogens with zero attached hydrogens (tertiary/aromatic N) is 4. The number of hydrogen-bond donors (Lipinski definition) is 0. The monoisotopic (exact) mass is 276 g/mol. The highest BCUT2D eigenvalue weighted by Gasteiger charge is 2.13. The first-order valence-corrected chi connectivity index (χ1v) is 6.99. The molecule has 19 heavy (non-hydrogen) atoms. The second kappa shape index (κ2) is 4.60. The molecule has 7 heteroatoms. The average Bonchev–Trinajstić information content (AvgIpc) is 2.81. The van der Waals surface area contributed by atoms with Crippen molar-refractivity contribution in [1.82, 2.24) is 19.4 Å². The van der Waals surface area contributed by atoms with Gasteiger partial charge in [-0.25, -0.2) is 19.3 Å². The standard InChI is InChI=1S/C12H9FN4OS/c1-19(18)8-2-3-9(10(13)4-8)11-5-17-7-14-6-15-12(17)16-11/h2-7H,1H3. The van der Waals surface area contributed by atoms with Crippen molar-refractivity contribution in [3.05, 3.63) is 42.9 Å². The molecule has 2 heterocycles. The van der Waals surface area contributed by atoms with Gasteiger partial charge in [-0.1, -0.05) is 0 Å². The summed E-state index contributed by atoms with van der Waals surface area (Å²) in [6.45, 7) is 0. The van der Waals surface area contributed by atoms with Gasteiger partial charge >= 0.3 is 0 Å². The van der Waals surface area contributed by atoms with Crippen LogP contribution < -0.4 is 0 Å². The molecule has 0 N–H and O–H groups in total. The zero-order valence-electron chi connectivity index (χ0n) is 9.95. The molecule has 1 unspecified atom stereocenters. The van der Waals surface area contributed by atoms with Gasteiger partial charge in [0.15, 0.2) is 4.90 Å². The number of benzene rings is 1. The summed E-state index contributed by atoms with van der Waals surface area (Å²) in [6.07, 6.45) is 6.09. The molecule has 5 nitrogen and oxygen atoms in total. The fourth-order valence-corrected chi connectivity index (χ4v) is 2.29. The lowest BCUT2D eigenvalue weighted by atomic mass is 10.1. The van der Waals surface area contributed by atoms with Crippen LogP contribution in [-0.2, 0) is 11.2 Å². The molecule has 3 aromatic rings. The van der Waals surface area contributed by atoms with Crippen molar-refractivity contribution < 1.29 is 8.94 Å². The smallest absolute Gasteiger partial charge is 0.237 e. The van der Waals surface area contributed by atoms with Crippen molar-refractivity contribution in [3.63, 3.8) is 0 Å². The Balaban J connectivity index is 2.11. The maximum absolute atomic E-state index is 14.0. The normalized spacial score (nSPS) is 12.8. The van der Waals surface area contributed by atoms with Crippen molar-refractivity contribution in [3.8, 4) is 11.3 Å². The molecule has 0 aliphatic heterocycles. The Labute approximate surface area is 111 Å². The maximum Gasteiger partial charge on any atom is 0.237 e. The third-order valence-corrected chi connectivity index (χ3v) is 3.61. The SMILES string of the molecule is C[S+]([O-])c1ccc(-c2cn3cncnc3n2)c(F)c1. The molecule has 96 valence electrons. The van der Waals surface area contributed by atoms with Crippen LogP contribution in [0.3, 0.4) is 0 Å².